The number of methoxy groups -OCH3 is 1. The third kappa shape index (κ3) is 5.53. The van der Waals surface area contributed by atoms with Crippen molar-refractivity contribution in [3.8, 4) is 5.75 Å². The Morgan fingerprint density at radius 1 is 1.00 bits per heavy atom. The molecule has 8 heteroatoms. The molecular weight excluding hydrogens is 404 g/mol. The molecule has 0 aliphatic carbocycles. The van der Waals surface area contributed by atoms with Gasteiger partial charge in [-0.2, -0.15) is 0 Å². The van der Waals surface area contributed by atoms with Gasteiger partial charge >= 0.3 is 6.03 Å². The van der Waals surface area contributed by atoms with Crippen LogP contribution >= 0.6 is 0 Å². The van der Waals surface area contributed by atoms with Gasteiger partial charge in [0.2, 0.25) is 0 Å². The molecule has 1 saturated heterocycles. The zero-order valence-electron chi connectivity index (χ0n) is 18.4. The van der Waals surface area contributed by atoms with Gasteiger partial charge in [0.15, 0.2) is 0 Å². The molecular formula is C24H28N6O2. The van der Waals surface area contributed by atoms with Crippen molar-refractivity contribution in [2.45, 2.75) is 13.5 Å². The first-order chi connectivity index (χ1) is 15.6. The third-order valence-electron chi connectivity index (χ3n) is 5.44. The lowest BCUT2D eigenvalue weighted by molar-refractivity contribution is 0.249. The molecule has 0 spiro atoms. The van der Waals surface area contributed by atoms with E-state index >= 15 is 0 Å². The van der Waals surface area contributed by atoms with Crippen LogP contribution in [-0.2, 0) is 6.54 Å². The number of carbonyl (C=O) groups excluding carboxylic acids is 1. The van der Waals surface area contributed by atoms with Crippen LogP contribution in [0.3, 0.4) is 0 Å². The van der Waals surface area contributed by atoms with E-state index in [1.54, 1.807) is 13.2 Å². The molecule has 1 fully saturated rings. The smallest absolute Gasteiger partial charge is 0.324 e. The molecule has 0 radical (unpaired) electrons. The monoisotopic (exact) mass is 432 g/mol. The largest absolute Gasteiger partial charge is 0.495 e. The van der Waals surface area contributed by atoms with Crippen molar-refractivity contribution >= 4 is 23.4 Å². The van der Waals surface area contributed by atoms with Crippen LogP contribution in [0.5, 0.6) is 5.75 Å². The van der Waals surface area contributed by atoms with Crippen molar-refractivity contribution in [1.29, 1.82) is 0 Å². The Kier molecular flexibility index (Phi) is 6.81. The topological polar surface area (TPSA) is 82.6 Å². The van der Waals surface area contributed by atoms with Crippen molar-refractivity contribution < 1.29 is 9.53 Å². The molecule has 1 aliphatic heterocycles. The van der Waals surface area contributed by atoms with Gasteiger partial charge in [-0.3, -0.25) is 10.2 Å². The van der Waals surface area contributed by atoms with Gasteiger partial charge < -0.3 is 15.0 Å². The lowest BCUT2D eigenvalue weighted by Crippen LogP contribution is -2.46. The molecule has 2 aromatic carbocycles. The van der Waals surface area contributed by atoms with Gasteiger partial charge in [-0.25, -0.2) is 14.8 Å². The maximum absolute atomic E-state index is 12.5. The molecule has 1 aliphatic rings. The predicted octanol–water partition coefficient (Wildman–Crippen LogP) is 3.76. The number of hydrogen-bond acceptors (Lipinski definition) is 6. The summed E-state index contributed by atoms with van der Waals surface area (Å²) in [5, 5.41) is 5.61. The number of hydrogen-bond donors (Lipinski definition) is 2. The fourth-order valence-corrected chi connectivity index (χ4v) is 3.75. The third-order valence-corrected chi connectivity index (χ3v) is 5.44. The van der Waals surface area contributed by atoms with E-state index in [1.807, 2.05) is 31.2 Å². The molecule has 2 N–H and O–H groups in total. The Morgan fingerprint density at radius 3 is 2.53 bits per heavy atom. The number of nitrogens with one attached hydrogen (secondary N) is 2. The van der Waals surface area contributed by atoms with Crippen LogP contribution in [-0.4, -0.2) is 54.2 Å². The van der Waals surface area contributed by atoms with Gasteiger partial charge in [0.1, 0.15) is 23.7 Å². The van der Waals surface area contributed by atoms with Crippen LogP contribution in [0.1, 0.15) is 11.1 Å². The first kappa shape index (κ1) is 21.6. The van der Waals surface area contributed by atoms with Gasteiger partial charge in [0.25, 0.3) is 0 Å². The van der Waals surface area contributed by atoms with Gasteiger partial charge in [-0.1, -0.05) is 36.4 Å². The maximum atomic E-state index is 12.5. The highest BCUT2D eigenvalue weighted by Crippen LogP contribution is 2.25. The second-order valence-corrected chi connectivity index (χ2v) is 7.79. The number of rotatable bonds is 6. The minimum atomic E-state index is -0.383. The number of amides is 2. The number of benzene rings is 2. The Labute approximate surface area is 188 Å². The highest BCUT2D eigenvalue weighted by atomic mass is 16.5. The number of aromatic nitrogens is 2. The molecule has 4 rings (SSSR count). The van der Waals surface area contributed by atoms with Gasteiger partial charge in [-0.05, 0) is 30.2 Å². The first-order valence-electron chi connectivity index (χ1n) is 10.7. The second-order valence-electron chi connectivity index (χ2n) is 7.79. The van der Waals surface area contributed by atoms with Crippen molar-refractivity contribution in [3.05, 3.63) is 72.1 Å². The Morgan fingerprint density at radius 2 is 1.78 bits per heavy atom. The second kappa shape index (κ2) is 10.1. The van der Waals surface area contributed by atoms with E-state index in [0.29, 0.717) is 17.3 Å². The lowest BCUT2D eigenvalue weighted by Gasteiger charge is -2.35. The van der Waals surface area contributed by atoms with Crippen molar-refractivity contribution in [2.24, 2.45) is 0 Å². The summed E-state index contributed by atoms with van der Waals surface area (Å²) in [6, 6.07) is 17.5. The molecule has 1 aromatic heterocycles. The van der Waals surface area contributed by atoms with Crippen LogP contribution in [0.15, 0.2) is 60.9 Å². The summed E-state index contributed by atoms with van der Waals surface area (Å²) in [7, 11) is 1.57. The molecule has 0 saturated carbocycles. The number of aryl methyl sites for hydroxylation is 1. The SMILES string of the molecule is COc1ccc(C)cc1NC(=O)Nc1cc(N2CCN(Cc3ccccc3)CC2)ncn1. The summed E-state index contributed by atoms with van der Waals surface area (Å²) in [4.78, 5) is 25.8. The zero-order valence-corrected chi connectivity index (χ0v) is 18.4. The minimum Gasteiger partial charge on any atom is -0.495 e. The molecule has 0 atom stereocenters. The average Bonchev–Trinajstić information content (AvgIpc) is 2.80. The fraction of sp³-hybridized carbons (Fsp3) is 0.292. The number of carbonyl (C=O) groups is 1. The summed E-state index contributed by atoms with van der Waals surface area (Å²) in [5.74, 6) is 1.86. The molecule has 0 unspecified atom stereocenters. The molecule has 3 aromatic rings. The van der Waals surface area contributed by atoms with Crippen molar-refractivity contribution in [2.75, 3.05) is 48.8 Å². The van der Waals surface area contributed by atoms with E-state index in [-0.39, 0.29) is 6.03 Å². The number of urea groups is 1. The normalized spacial score (nSPS) is 14.1. The summed E-state index contributed by atoms with van der Waals surface area (Å²) in [6.07, 6.45) is 1.48. The van der Waals surface area contributed by atoms with Crippen molar-refractivity contribution in [1.82, 2.24) is 14.9 Å². The number of anilines is 3. The molecule has 0 bridgehead atoms. The van der Waals surface area contributed by atoms with Crippen LogP contribution in [0.2, 0.25) is 0 Å². The van der Waals surface area contributed by atoms with E-state index in [2.05, 4.69) is 54.7 Å². The van der Waals surface area contributed by atoms with Crippen LogP contribution in [0.4, 0.5) is 22.1 Å². The fourth-order valence-electron chi connectivity index (χ4n) is 3.75. The zero-order chi connectivity index (χ0) is 22.3. The number of nitrogens with zero attached hydrogens (tertiary/aromatic N) is 4. The van der Waals surface area contributed by atoms with Crippen molar-refractivity contribution in [3.63, 3.8) is 0 Å². The number of ether oxygens (including phenoxy) is 1. The van der Waals surface area contributed by atoms with Gasteiger partial charge in [0, 0.05) is 38.8 Å². The van der Waals surface area contributed by atoms with E-state index < -0.39 is 0 Å². The van der Waals surface area contributed by atoms with Crippen LogP contribution in [0.25, 0.3) is 0 Å². The summed E-state index contributed by atoms with van der Waals surface area (Å²) in [6.45, 7) is 6.56. The van der Waals surface area contributed by atoms with Gasteiger partial charge in [0.05, 0.1) is 12.8 Å². The van der Waals surface area contributed by atoms with Crippen LogP contribution in [0, 0.1) is 6.92 Å². The predicted molar refractivity (Wildman–Crippen MR) is 126 cm³/mol. The van der Waals surface area contributed by atoms with Gasteiger partial charge in [-0.15, -0.1) is 0 Å². The Balaban J connectivity index is 1.34. The van der Waals surface area contributed by atoms with E-state index in [0.717, 1.165) is 44.1 Å². The highest BCUT2D eigenvalue weighted by molar-refractivity contribution is 6.00. The Hall–Kier alpha value is -3.65. The Bertz CT molecular complexity index is 1050. The molecule has 8 nitrogen and oxygen atoms in total. The minimum absolute atomic E-state index is 0.383. The highest BCUT2D eigenvalue weighted by Gasteiger charge is 2.19. The maximum Gasteiger partial charge on any atom is 0.324 e. The standard InChI is InChI=1S/C24H28N6O2/c1-18-8-9-21(32-2)20(14-18)27-24(31)28-22-15-23(26-17-25-22)30-12-10-29(11-13-30)16-19-6-4-3-5-7-19/h3-9,14-15,17H,10-13,16H2,1-2H3,(H2,25,26,27,28,31). The summed E-state index contributed by atoms with van der Waals surface area (Å²) < 4.78 is 5.32. The molecule has 2 heterocycles. The molecule has 2 amide bonds. The first-order valence-corrected chi connectivity index (χ1v) is 10.7. The lowest BCUT2D eigenvalue weighted by atomic mass is 10.2. The van der Waals surface area contributed by atoms with Crippen LogP contribution < -0.4 is 20.3 Å². The number of piperazine rings is 1. The molecule has 32 heavy (non-hydrogen) atoms. The summed E-state index contributed by atoms with van der Waals surface area (Å²) >= 11 is 0. The summed E-state index contributed by atoms with van der Waals surface area (Å²) in [5.41, 5.74) is 2.95. The van der Waals surface area contributed by atoms with E-state index in [4.69, 9.17) is 4.74 Å². The van der Waals surface area contributed by atoms with E-state index in [1.165, 1.54) is 11.9 Å². The quantitative estimate of drug-likeness (QED) is 0.617. The average molecular weight is 433 g/mol. The molecule has 166 valence electrons. The van der Waals surface area contributed by atoms with E-state index in [9.17, 15) is 4.79 Å².